The molecular formula is C18H17ClN2OS. The Bertz CT molecular complexity index is 880. The third-order valence-corrected chi connectivity index (χ3v) is 4.96. The van der Waals surface area contributed by atoms with Crippen LogP contribution in [0.3, 0.4) is 0 Å². The van der Waals surface area contributed by atoms with Gasteiger partial charge in [0.15, 0.2) is 0 Å². The molecule has 1 aromatic heterocycles. The van der Waals surface area contributed by atoms with E-state index in [0.717, 1.165) is 39.9 Å². The van der Waals surface area contributed by atoms with Gasteiger partial charge in [-0.2, -0.15) is 0 Å². The van der Waals surface area contributed by atoms with Crippen molar-refractivity contribution in [3.8, 4) is 0 Å². The molecule has 0 amide bonds. The largest absolute Gasteiger partial charge is 0.399 e. The minimum Gasteiger partial charge on any atom is -0.399 e. The van der Waals surface area contributed by atoms with Gasteiger partial charge in [0, 0.05) is 27.9 Å². The third kappa shape index (κ3) is 3.89. The lowest BCUT2D eigenvalue weighted by Crippen LogP contribution is -2.07. The molecule has 1 aromatic carbocycles. The van der Waals surface area contributed by atoms with E-state index >= 15 is 0 Å². The Kier molecular flexibility index (Phi) is 4.94. The van der Waals surface area contributed by atoms with Crippen LogP contribution in [0.2, 0.25) is 5.02 Å². The summed E-state index contributed by atoms with van der Waals surface area (Å²) in [4.78, 5) is 14.7. The predicted octanol–water partition coefficient (Wildman–Crippen LogP) is 4.39. The molecule has 3 N–H and O–H groups in total. The zero-order valence-corrected chi connectivity index (χ0v) is 14.1. The van der Waals surface area contributed by atoms with Gasteiger partial charge in [0.05, 0.1) is 5.03 Å². The fraction of sp³-hybridized carbons (Fsp3) is 0.167. The van der Waals surface area contributed by atoms with Crippen LogP contribution in [0.4, 0.5) is 0 Å². The molecule has 1 aliphatic carbocycles. The van der Waals surface area contributed by atoms with E-state index in [4.69, 9.17) is 17.3 Å². The highest BCUT2D eigenvalue weighted by molar-refractivity contribution is 7.99. The molecule has 1 heterocycles. The van der Waals surface area contributed by atoms with Crippen LogP contribution in [0.1, 0.15) is 12.8 Å². The van der Waals surface area contributed by atoms with Crippen molar-refractivity contribution >= 4 is 34.1 Å². The lowest BCUT2D eigenvalue weighted by atomic mass is 10.1. The first-order chi connectivity index (χ1) is 11.1. The minimum absolute atomic E-state index is 0.114. The summed E-state index contributed by atoms with van der Waals surface area (Å²) in [5.41, 5.74) is 7.89. The van der Waals surface area contributed by atoms with E-state index in [2.05, 4.69) is 17.1 Å². The fourth-order valence-electron chi connectivity index (χ4n) is 2.45. The van der Waals surface area contributed by atoms with Gasteiger partial charge >= 0.3 is 0 Å². The number of rotatable bonds is 3. The molecule has 0 radical (unpaired) electrons. The molecule has 23 heavy (non-hydrogen) atoms. The van der Waals surface area contributed by atoms with Crippen LogP contribution in [0.25, 0.3) is 10.8 Å². The van der Waals surface area contributed by atoms with Crippen LogP contribution in [0.5, 0.6) is 0 Å². The predicted molar refractivity (Wildman–Crippen MR) is 99.0 cm³/mol. The molecule has 2 aromatic rings. The number of hydrogen-bond acceptors (Lipinski definition) is 3. The fourth-order valence-corrected chi connectivity index (χ4v) is 3.69. The standard InChI is InChI=1S/C18H17ClN2OS/c19-14-8-7-12-9-17(22)21-18(15(12)10-14)23-11-13-5-3-1-2-4-6-16(13)20/h1,3,5-10H,2,4,11,20H2,(H,21,22)/b3-1-,13-5-,16-6+. The maximum atomic E-state index is 11.8. The SMILES string of the molecule is NC1=C/CC\C=C/C=C\1CSc1[nH]c(=O)cc2ccc(Cl)cc12. The van der Waals surface area contributed by atoms with Gasteiger partial charge in [-0.25, -0.2) is 0 Å². The number of aromatic amines is 1. The second-order valence-electron chi connectivity index (χ2n) is 5.34. The number of nitrogens with one attached hydrogen (secondary N) is 1. The number of halogens is 1. The molecule has 0 atom stereocenters. The van der Waals surface area contributed by atoms with Gasteiger partial charge < -0.3 is 10.7 Å². The summed E-state index contributed by atoms with van der Waals surface area (Å²) in [5, 5.41) is 3.30. The van der Waals surface area contributed by atoms with E-state index < -0.39 is 0 Å². The Balaban J connectivity index is 1.92. The van der Waals surface area contributed by atoms with Gasteiger partial charge in [-0.05, 0) is 35.9 Å². The van der Waals surface area contributed by atoms with E-state index in [0.29, 0.717) is 10.8 Å². The molecule has 1 aliphatic rings. The van der Waals surface area contributed by atoms with E-state index in [1.54, 1.807) is 23.9 Å². The number of fused-ring (bicyclic) bond motifs is 1. The van der Waals surface area contributed by atoms with Crippen LogP contribution < -0.4 is 11.3 Å². The van der Waals surface area contributed by atoms with Crippen molar-refractivity contribution < 1.29 is 0 Å². The van der Waals surface area contributed by atoms with Gasteiger partial charge in [-0.3, -0.25) is 4.79 Å². The summed E-state index contributed by atoms with van der Waals surface area (Å²) in [6.07, 6.45) is 10.2. The monoisotopic (exact) mass is 344 g/mol. The Hall–Kier alpha value is -1.91. The average Bonchev–Trinajstić information content (AvgIpc) is 2.51. The van der Waals surface area contributed by atoms with Gasteiger partial charge in [0.1, 0.15) is 0 Å². The first-order valence-corrected chi connectivity index (χ1v) is 8.77. The molecular weight excluding hydrogens is 328 g/mol. The summed E-state index contributed by atoms with van der Waals surface area (Å²) < 4.78 is 0. The van der Waals surface area contributed by atoms with Crippen LogP contribution >= 0.6 is 23.4 Å². The number of hydrogen-bond donors (Lipinski definition) is 2. The van der Waals surface area contributed by atoms with Crippen molar-refractivity contribution in [1.29, 1.82) is 0 Å². The molecule has 5 heteroatoms. The van der Waals surface area contributed by atoms with Gasteiger partial charge in [0.2, 0.25) is 5.56 Å². The lowest BCUT2D eigenvalue weighted by Gasteiger charge is -2.11. The van der Waals surface area contributed by atoms with Gasteiger partial charge in [0.25, 0.3) is 0 Å². The van der Waals surface area contributed by atoms with Crippen molar-refractivity contribution in [3.63, 3.8) is 0 Å². The maximum Gasteiger partial charge on any atom is 0.249 e. The second-order valence-corrected chi connectivity index (χ2v) is 6.76. The minimum atomic E-state index is -0.114. The molecule has 3 rings (SSSR count). The molecule has 3 nitrogen and oxygen atoms in total. The van der Waals surface area contributed by atoms with Crippen molar-refractivity contribution in [3.05, 3.63) is 75.2 Å². The molecule has 0 unspecified atom stereocenters. The Morgan fingerprint density at radius 3 is 3.00 bits per heavy atom. The molecule has 0 bridgehead atoms. The molecule has 0 saturated heterocycles. The third-order valence-electron chi connectivity index (χ3n) is 3.66. The Labute approximate surface area is 143 Å². The zero-order chi connectivity index (χ0) is 16.2. The lowest BCUT2D eigenvalue weighted by molar-refractivity contribution is 1.02. The molecule has 0 aliphatic heterocycles. The number of nitrogens with two attached hydrogens (primary N) is 1. The van der Waals surface area contributed by atoms with Gasteiger partial charge in [-0.15, -0.1) is 11.8 Å². The van der Waals surface area contributed by atoms with E-state index in [1.807, 2.05) is 24.3 Å². The molecule has 118 valence electrons. The summed E-state index contributed by atoms with van der Waals surface area (Å²) in [5.74, 6) is 0.689. The van der Waals surface area contributed by atoms with Gasteiger partial charge in [-0.1, -0.05) is 42.0 Å². The van der Waals surface area contributed by atoms with E-state index in [-0.39, 0.29) is 5.56 Å². The summed E-state index contributed by atoms with van der Waals surface area (Å²) in [6.45, 7) is 0. The summed E-state index contributed by atoms with van der Waals surface area (Å²) >= 11 is 7.65. The van der Waals surface area contributed by atoms with Crippen LogP contribution in [-0.2, 0) is 0 Å². The van der Waals surface area contributed by atoms with Crippen molar-refractivity contribution in [1.82, 2.24) is 4.98 Å². The molecule has 0 fully saturated rings. The number of benzene rings is 1. The molecule has 0 saturated carbocycles. The number of H-pyrrole nitrogens is 1. The number of pyridine rings is 1. The van der Waals surface area contributed by atoms with Crippen molar-refractivity contribution in [2.45, 2.75) is 17.9 Å². The smallest absolute Gasteiger partial charge is 0.249 e. The highest BCUT2D eigenvalue weighted by Gasteiger charge is 2.08. The Morgan fingerprint density at radius 2 is 2.13 bits per heavy atom. The summed E-state index contributed by atoms with van der Waals surface area (Å²) in [7, 11) is 0. The van der Waals surface area contributed by atoms with Crippen molar-refractivity contribution in [2.24, 2.45) is 5.73 Å². The Morgan fingerprint density at radius 1 is 1.26 bits per heavy atom. The second kappa shape index (κ2) is 7.11. The summed E-state index contributed by atoms with van der Waals surface area (Å²) in [6, 6.07) is 7.12. The maximum absolute atomic E-state index is 11.8. The number of thioether (sulfide) groups is 1. The number of allylic oxidation sites excluding steroid dienone is 5. The number of aromatic nitrogens is 1. The van der Waals surface area contributed by atoms with Crippen LogP contribution in [-0.4, -0.2) is 10.7 Å². The zero-order valence-electron chi connectivity index (χ0n) is 12.5. The van der Waals surface area contributed by atoms with E-state index in [9.17, 15) is 4.79 Å². The van der Waals surface area contributed by atoms with Crippen LogP contribution in [0.15, 0.2) is 69.7 Å². The van der Waals surface area contributed by atoms with Crippen molar-refractivity contribution in [2.75, 3.05) is 5.75 Å². The first kappa shape index (κ1) is 16.0. The topological polar surface area (TPSA) is 58.9 Å². The first-order valence-electron chi connectivity index (χ1n) is 7.40. The molecule has 0 spiro atoms. The normalized spacial score (nSPS) is 20.9. The van der Waals surface area contributed by atoms with E-state index in [1.165, 1.54) is 0 Å². The average molecular weight is 345 g/mol. The highest BCUT2D eigenvalue weighted by Crippen LogP contribution is 2.29. The van der Waals surface area contributed by atoms with Crippen LogP contribution in [0, 0.1) is 0 Å². The quantitative estimate of drug-likeness (QED) is 0.812. The highest BCUT2D eigenvalue weighted by atomic mass is 35.5.